The molecule has 1 aliphatic heterocycles. The van der Waals surface area contributed by atoms with E-state index in [1.165, 1.54) is 12.8 Å². The molecule has 1 saturated heterocycles. The van der Waals surface area contributed by atoms with Crippen LogP contribution in [0.1, 0.15) is 132 Å². The number of esters is 3. The van der Waals surface area contributed by atoms with Crippen LogP contribution >= 0.6 is 0 Å². The Morgan fingerprint density at radius 2 is 1.79 bits per heavy atom. The zero-order valence-corrected chi connectivity index (χ0v) is 27.9. The van der Waals surface area contributed by atoms with Crippen molar-refractivity contribution in [2.45, 2.75) is 150 Å². The summed E-state index contributed by atoms with van der Waals surface area (Å²) in [6.45, 7) is 15.2. The second-order valence-electron chi connectivity index (χ2n) is 16.6. The first-order valence-corrected chi connectivity index (χ1v) is 17.4. The number of carbonyl (C=O) groups is 3. The van der Waals surface area contributed by atoms with Crippen LogP contribution in [0.4, 0.5) is 0 Å². The number of aliphatic hydroxyl groups excluding tert-OH is 1. The lowest BCUT2D eigenvalue weighted by atomic mass is 9.43. The highest BCUT2D eigenvalue weighted by atomic mass is 16.6. The van der Waals surface area contributed by atoms with E-state index in [4.69, 9.17) is 14.2 Å². The third-order valence-electron chi connectivity index (χ3n) is 13.8. The van der Waals surface area contributed by atoms with Gasteiger partial charge in [-0.25, -0.2) is 0 Å². The number of hydrogen-bond donors (Lipinski definition) is 1. The Morgan fingerprint density at radius 3 is 2.49 bits per heavy atom. The first kappa shape index (κ1) is 32.8. The zero-order chi connectivity index (χ0) is 31.4. The van der Waals surface area contributed by atoms with Crippen molar-refractivity contribution in [1.29, 1.82) is 0 Å². The van der Waals surface area contributed by atoms with Gasteiger partial charge in [0.2, 0.25) is 0 Å². The van der Waals surface area contributed by atoms with E-state index in [2.05, 4.69) is 20.8 Å². The van der Waals surface area contributed by atoms with Crippen LogP contribution in [0.15, 0.2) is 0 Å². The quantitative estimate of drug-likeness (QED) is 0.235. The van der Waals surface area contributed by atoms with Crippen LogP contribution in [0.25, 0.3) is 0 Å². The standard InChI is InChI=1S/C36H58O7/c1-8-33(3,4)32(40)42-24-15-16-35(6)23(19-24)10-11-25-27-13-12-26(36(27,7)29(37)20-28(25)35)22(2)9-14-30(38)43-34(5)17-18-41-31(39)21-34/h22-29,37H,8-21H2,1-7H3/t22?,23?,24-,25?,26?,27?,28?,29-,34?,35-,36+/m0/s1. The summed E-state index contributed by atoms with van der Waals surface area (Å²) in [4.78, 5) is 37.4. The van der Waals surface area contributed by atoms with Gasteiger partial charge in [0.25, 0.3) is 0 Å². The van der Waals surface area contributed by atoms with E-state index in [0.29, 0.717) is 55.0 Å². The normalized spacial score (nSPS) is 43.4. The van der Waals surface area contributed by atoms with Gasteiger partial charge in [0.1, 0.15) is 11.7 Å². The predicted octanol–water partition coefficient (Wildman–Crippen LogP) is 7.02. The number of cyclic esters (lactones) is 1. The fraction of sp³-hybridized carbons (Fsp3) is 0.917. The molecule has 4 aliphatic carbocycles. The first-order valence-electron chi connectivity index (χ1n) is 17.4. The maximum absolute atomic E-state index is 12.8. The molecule has 0 spiro atoms. The Bertz CT molecular complexity index is 1070. The molecule has 1 heterocycles. The van der Waals surface area contributed by atoms with Crippen molar-refractivity contribution in [3.8, 4) is 0 Å². The van der Waals surface area contributed by atoms with E-state index in [0.717, 1.165) is 51.4 Å². The summed E-state index contributed by atoms with van der Waals surface area (Å²) in [7, 11) is 0. The molecule has 1 N–H and O–H groups in total. The average molecular weight is 603 g/mol. The molecular formula is C36H58O7. The minimum absolute atomic E-state index is 0.0182. The van der Waals surface area contributed by atoms with Crippen LogP contribution in [0.3, 0.4) is 0 Å². The Balaban J connectivity index is 1.20. The topological polar surface area (TPSA) is 99.1 Å². The molecule has 0 radical (unpaired) electrons. The Kier molecular flexibility index (Phi) is 9.10. The number of fused-ring (bicyclic) bond motifs is 5. The molecule has 244 valence electrons. The fourth-order valence-corrected chi connectivity index (χ4v) is 10.5. The smallest absolute Gasteiger partial charge is 0.311 e. The van der Waals surface area contributed by atoms with E-state index < -0.39 is 11.0 Å². The number of aliphatic hydroxyl groups is 1. The van der Waals surface area contributed by atoms with Gasteiger partial charge in [-0.3, -0.25) is 14.4 Å². The molecule has 0 amide bonds. The van der Waals surface area contributed by atoms with E-state index >= 15 is 0 Å². The monoisotopic (exact) mass is 602 g/mol. The molecule has 5 fully saturated rings. The molecule has 4 saturated carbocycles. The summed E-state index contributed by atoms with van der Waals surface area (Å²) in [5, 5.41) is 11.9. The van der Waals surface area contributed by atoms with Gasteiger partial charge in [0, 0.05) is 12.8 Å². The maximum atomic E-state index is 12.8. The van der Waals surface area contributed by atoms with Gasteiger partial charge in [-0.15, -0.1) is 0 Å². The van der Waals surface area contributed by atoms with Crippen LogP contribution in [0, 0.1) is 51.8 Å². The molecule has 7 unspecified atom stereocenters. The summed E-state index contributed by atoms with van der Waals surface area (Å²) >= 11 is 0. The highest BCUT2D eigenvalue weighted by Crippen LogP contribution is 2.68. The molecule has 5 aliphatic rings. The third-order valence-corrected chi connectivity index (χ3v) is 13.8. The van der Waals surface area contributed by atoms with Crippen LogP contribution < -0.4 is 0 Å². The van der Waals surface area contributed by atoms with Crippen LogP contribution in [0.5, 0.6) is 0 Å². The Hall–Kier alpha value is -1.63. The minimum Gasteiger partial charge on any atom is -0.465 e. The van der Waals surface area contributed by atoms with E-state index in [1.807, 2.05) is 27.7 Å². The maximum Gasteiger partial charge on any atom is 0.311 e. The molecule has 7 heteroatoms. The minimum atomic E-state index is -0.767. The van der Waals surface area contributed by atoms with Crippen molar-refractivity contribution in [3.05, 3.63) is 0 Å². The van der Waals surface area contributed by atoms with Gasteiger partial charge < -0.3 is 19.3 Å². The molecular weight excluding hydrogens is 544 g/mol. The van der Waals surface area contributed by atoms with Gasteiger partial charge >= 0.3 is 17.9 Å². The number of hydrogen-bond acceptors (Lipinski definition) is 7. The zero-order valence-electron chi connectivity index (χ0n) is 27.9. The lowest BCUT2D eigenvalue weighted by molar-refractivity contribution is -0.185. The Morgan fingerprint density at radius 1 is 1.05 bits per heavy atom. The molecule has 0 bridgehead atoms. The lowest BCUT2D eigenvalue weighted by Crippen LogP contribution is -2.59. The molecule has 0 aromatic carbocycles. The van der Waals surface area contributed by atoms with E-state index in [1.54, 1.807) is 0 Å². The van der Waals surface area contributed by atoms with Crippen LogP contribution in [-0.2, 0) is 28.6 Å². The van der Waals surface area contributed by atoms with Gasteiger partial charge in [0.05, 0.1) is 24.5 Å². The molecule has 43 heavy (non-hydrogen) atoms. The summed E-state index contributed by atoms with van der Waals surface area (Å²) in [5.41, 5.74) is -1.15. The second kappa shape index (κ2) is 11.9. The highest BCUT2D eigenvalue weighted by Gasteiger charge is 2.64. The summed E-state index contributed by atoms with van der Waals surface area (Å²) in [6.07, 6.45) is 10.6. The number of ether oxygens (including phenoxy) is 3. The average Bonchev–Trinajstić information content (AvgIpc) is 3.30. The van der Waals surface area contributed by atoms with Gasteiger partial charge in [0.15, 0.2) is 0 Å². The third kappa shape index (κ3) is 6.02. The predicted molar refractivity (Wildman–Crippen MR) is 164 cm³/mol. The summed E-state index contributed by atoms with van der Waals surface area (Å²) < 4.78 is 16.9. The van der Waals surface area contributed by atoms with E-state index in [9.17, 15) is 19.5 Å². The van der Waals surface area contributed by atoms with Gasteiger partial charge in [-0.1, -0.05) is 27.7 Å². The van der Waals surface area contributed by atoms with Crippen molar-refractivity contribution in [1.82, 2.24) is 0 Å². The lowest BCUT2D eigenvalue weighted by Gasteiger charge is -2.62. The summed E-state index contributed by atoms with van der Waals surface area (Å²) in [6, 6.07) is 0. The van der Waals surface area contributed by atoms with Crippen LogP contribution in [0.2, 0.25) is 0 Å². The number of carbonyl (C=O) groups excluding carboxylic acids is 3. The molecule has 0 aromatic heterocycles. The van der Waals surface area contributed by atoms with Crippen molar-refractivity contribution in [2.24, 2.45) is 51.8 Å². The van der Waals surface area contributed by atoms with E-state index in [-0.39, 0.29) is 47.4 Å². The van der Waals surface area contributed by atoms with Gasteiger partial charge in [-0.05, 0) is 131 Å². The van der Waals surface area contributed by atoms with Crippen molar-refractivity contribution >= 4 is 17.9 Å². The Labute approximate surface area is 259 Å². The molecule has 7 nitrogen and oxygen atoms in total. The van der Waals surface area contributed by atoms with Crippen molar-refractivity contribution in [3.63, 3.8) is 0 Å². The molecule has 5 rings (SSSR count). The first-order chi connectivity index (χ1) is 20.1. The molecule has 11 atom stereocenters. The second-order valence-corrected chi connectivity index (χ2v) is 16.6. The SMILES string of the molecule is CCC(C)(C)C(=O)O[C@H]1CC[C@@]2(C)C(CCC3C2C[C@H](O)[C@]2(C)C(C(C)CCC(=O)OC4(C)CCOC(=O)C4)CCC32)C1. The fourth-order valence-electron chi connectivity index (χ4n) is 10.5. The van der Waals surface area contributed by atoms with Crippen molar-refractivity contribution in [2.75, 3.05) is 6.61 Å². The summed E-state index contributed by atoms with van der Waals surface area (Å²) in [5.74, 6) is 2.26. The van der Waals surface area contributed by atoms with Crippen LogP contribution in [-0.4, -0.2) is 47.4 Å². The number of rotatable bonds is 8. The molecule has 0 aromatic rings. The highest BCUT2D eigenvalue weighted by molar-refractivity contribution is 5.76. The van der Waals surface area contributed by atoms with Gasteiger partial charge in [-0.2, -0.15) is 0 Å². The largest absolute Gasteiger partial charge is 0.465 e. The van der Waals surface area contributed by atoms with Crippen molar-refractivity contribution < 1.29 is 33.7 Å².